The summed E-state index contributed by atoms with van der Waals surface area (Å²) in [6, 6.07) is 4.65. The molecule has 0 spiro atoms. The normalized spacial score (nSPS) is 12.7. The predicted octanol–water partition coefficient (Wildman–Crippen LogP) is 0.498. The number of nitrogen functional groups attached to an aromatic ring is 2. The van der Waals surface area contributed by atoms with Gasteiger partial charge in [0, 0.05) is 5.39 Å². The Balaban J connectivity index is 3.06. The molecule has 0 aromatic heterocycles. The van der Waals surface area contributed by atoms with E-state index in [1.807, 2.05) is 0 Å². The number of anilines is 2. The standard InChI is InChI=1S/C10H10N2O6S2/c11-7-2-1-5-3-8(12)9(19(13,14)15)4-6(5)10(7)20(16,17)18/h1-4H,11-12H2,(H,13,14,15)(H,16,17,18). The molecule has 2 aromatic rings. The van der Waals surface area contributed by atoms with E-state index in [0.717, 1.165) is 12.1 Å². The van der Waals surface area contributed by atoms with E-state index in [2.05, 4.69) is 0 Å². The molecule has 2 rings (SSSR count). The third-order valence-electron chi connectivity index (χ3n) is 2.67. The van der Waals surface area contributed by atoms with Crippen LogP contribution in [0.1, 0.15) is 0 Å². The highest BCUT2D eigenvalue weighted by Crippen LogP contribution is 2.33. The van der Waals surface area contributed by atoms with Crippen LogP contribution in [0.15, 0.2) is 34.1 Å². The van der Waals surface area contributed by atoms with E-state index < -0.39 is 30.0 Å². The fraction of sp³-hybridized carbons (Fsp3) is 0. The third-order valence-corrected chi connectivity index (χ3v) is 4.55. The Morgan fingerprint density at radius 3 is 1.95 bits per heavy atom. The molecule has 2 aromatic carbocycles. The molecule has 0 atom stereocenters. The lowest BCUT2D eigenvalue weighted by Crippen LogP contribution is -2.07. The van der Waals surface area contributed by atoms with Crippen molar-refractivity contribution in [3.63, 3.8) is 0 Å². The molecular weight excluding hydrogens is 308 g/mol. The van der Waals surface area contributed by atoms with Crippen molar-refractivity contribution in [2.45, 2.75) is 9.79 Å². The van der Waals surface area contributed by atoms with Crippen LogP contribution in [0, 0.1) is 0 Å². The quantitative estimate of drug-likeness (QED) is 0.459. The molecule has 0 unspecified atom stereocenters. The van der Waals surface area contributed by atoms with Crippen molar-refractivity contribution in [2.75, 3.05) is 11.5 Å². The first-order valence-corrected chi connectivity index (χ1v) is 7.96. The Morgan fingerprint density at radius 2 is 1.45 bits per heavy atom. The summed E-state index contributed by atoms with van der Waals surface area (Å²) in [5.41, 5.74) is 10.5. The summed E-state index contributed by atoms with van der Waals surface area (Å²) in [7, 11) is -9.32. The SMILES string of the molecule is Nc1cc2ccc(N)c(S(=O)(=O)O)c2cc1S(=O)(=O)O. The molecule has 0 aliphatic heterocycles. The zero-order valence-corrected chi connectivity index (χ0v) is 11.4. The highest BCUT2D eigenvalue weighted by Gasteiger charge is 2.22. The number of hydrogen-bond donors (Lipinski definition) is 4. The lowest BCUT2D eigenvalue weighted by Gasteiger charge is -2.10. The van der Waals surface area contributed by atoms with Crippen LogP contribution in [0.4, 0.5) is 11.4 Å². The summed E-state index contributed by atoms with van der Waals surface area (Å²) in [6.07, 6.45) is 0. The van der Waals surface area contributed by atoms with Gasteiger partial charge in [-0.2, -0.15) is 16.8 Å². The van der Waals surface area contributed by atoms with Gasteiger partial charge >= 0.3 is 0 Å². The number of fused-ring (bicyclic) bond motifs is 1. The molecule has 20 heavy (non-hydrogen) atoms. The van der Waals surface area contributed by atoms with Gasteiger partial charge < -0.3 is 11.5 Å². The van der Waals surface area contributed by atoms with Crippen LogP contribution in [-0.4, -0.2) is 25.9 Å². The summed E-state index contributed by atoms with van der Waals surface area (Å²) < 4.78 is 63.3. The van der Waals surface area contributed by atoms with Crippen LogP contribution in [0.5, 0.6) is 0 Å². The number of nitrogens with two attached hydrogens (primary N) is 2. The van der Waals surface area contributed by atoms with E-state index in [1.54, 1.807) is 0 Å². The summed E-state index contributed by atoms with van der Waals surface area (Å²) in [5.74, 6) is 0. The maximum Gasteiger partial charge on any atom is 0.297 e. The van der Waals surface area contributed by atoms with Gasteiger partial charge in [-0.15, -0.1) is 0 Å². The molecule has 0 radical (unpaired) electrons. The Hall–Kier alpha value is -1.88. The first kappa shape index (κ1) is 14.5. The lowest BCUT2D eigenvalue weighted by molar-refractivity contribution is 0.481. The average Bonchev–Trinajstić information content (AvgIpc) is 2.25. The Morgan fingerprint density at radius 1 is 0.850 bits per heavy atom. The van der Waals surface area contributed by atoms with Gasteiger partial charge in [-0.3, -0.25) is 9.11 Å². The molecular formula is C10H10N2O6S2. The summed E-state index contributed by atoms with van der Waals surface area (Å²) in [5, 5.41) is 0.0889. The highest BCUT2D eigenvalue weighted by molar-refractivity contribution is 7.86. The minimum atomic E-state index is -4.68. The van der Waals surface area contributed by atoms with Crippen LogP contribution < -0.4 is 11.5 Å². The van der Waals surface area contributed by atoms with Gasteiger partial charge in [0.15, 0.2) is 0 Å². The van der Waals surface area contributed by atoms with Crippen molar-refractivity contribution in [2.24, 2.45) is 0 Å². The van der Waals surface area contributed by atoms with Crippen LogP contribution in [0.2, 0.25) is 0 Å². The molecule has 0 aliphatic carbocycles. The smallest absolute Gasteiger partial charge is 0.297 e. The van der Waals surface area contributed by atoms with Gasteiger partial charge in [0.1, 0.15) is 9.79 Å². The molecule has 0 aliphatic rings. The first-order chi connectivity index (χ1) is 9.01. The molecule has 10 heteroatoms. The second kappa shape index (κ2) is 4.31. The van der Waals surface area contributed by atoms with Crippen molar-refractivity contribution in [1.82, 2.24) is 0 Å². The zero-order valence-electron chi connectivity index (χ0n) is 9.81. The minimum absolute atomic E-state index is 0.158. The van der Waals surface area contributed by atoms with Gasteiger partial charge in [-0.1, -0.05) is 6.07 Å². The Kier molecular flexibility index (Phi) is 3.13. The van der Waals surface area contributed by atoms with Crippen molar-refractivity contribution < 1.29 is 25.9 Å². The monoisotopic (exact) mass is 318 g/mol. The predicted molar refractivity (Wildman–Crippen MR) is 72.4 cm³/mol. The topological polar surface area (TPSA) is 161 Å². The van der Waals surface area contributed by atoms with E-state index in [1.165, 1.54) is 12.1 Å². The highest BCUT2D eigenvalue weighted by atomic mass is 32.2. The Bertz CT molecular complexity index is 918. The zero-order chi connectivity index (χ0) is 15.3. The van der Waals surface area contributed by atoms with E-state index in [-0.39, 0.29) is 22.1 Å². The minimum Gasteiger partial charge on any atom is -0.398 e. The number of benzene rings is 2. The molecule has 108 valence electrons. The van der Waals surface area contributed by atoms with Gasteiger partial charge in [-0.25, -0.2) is 0 Å². The molecule has 8 nitrogen and oxygen atoms in total. The molecule has 0 amide bonds. The molecule has 0 saturated carbocycles. The van der Waals surface area contributed by atoms with Crippen LogP contribution >= 0.6 is 0 Å². The lowest BCUT2D eigenvalue weighted by atomic mass is 10.1. The Labute approximate surface area is 114 Å². The molecule has 0 heterocycles. The van der Waals surface area contributed by atoms with Crippen molar-refractivity contribution >= 4 is 42.4 Å². The fourth-order valence-electron chi connectivity index (χ4n) is 1.87. The van der Waals surface area contributed by atoms with Crippen molar-refractivity contribution in [3.05, 3.63) is 24.3 Å². The van der Waals surface area contributed by atoms with E-state index >= 15 is 0 Å². The fourth-order valence-corrected chi connectivity index (χ4v) is 3.31. The van der Waals surface area contributed by atoms with Crippen LogP contribution in [0.3, 0.4) is 0 Å². The average molecular weight is 318 g/mol. The molecule has 0 saturated heterocycles. The van der Waals surface area contributed by atoms with Gasteiger partial charge in [0.2, 0.25) is 0 Å². The molecule has 0 bridgehead atoms. The van der Waals surface area contributed by atoms with Gasteiger partial charge in [0.25, 0.3) is 20.2 Å². The number of hydrogen-bond acceptors (Lipinski definition) is 6. The van der Waals surface area contributed by atoms with Crippen LogP contribution in [-0.2, 0) is 20.2 Å². The largest absolute Gasteiger partial charge is 0.398 e. The van der Waals surface area contributed by atoms with E-state index in [4.69, 9.17) is 16.0 Å². The molecule has 6 N–H and O–H groups in total. The summed E-state index contributed by atoms with van der Waals surface area (Å²) in [4.78, 5) is -1.31. The van der Waals surface area contributed by atoms with E-state index in [0.29, 0.717) is 0 Å². The van der Waals surface area contributed by atoms with E-state index in [9.17, 15) is 21.4 Å². The van der Waals surface area contributed by atoms with Gasteiger partial charge in [-0.05, 0) is 23.6 Å². The molecule has 0 fully saturated rings. The maximum atomic E-state index is 11.3. The number of rotatable bonds is 2. The second-order valence-corrected chi connectivity index (χ2v) is 6.79. The van der Waals surface area contributed by atoms with Crippen molar-refractivity contribution in [3.8, 4) is 0 Å². The first-order valence-electron chi connectivity index (χ1n) is 5.08. The summed E-state index contributed by atoms with van der Waals surface area (Å²) >= 11 is 0. The summed E-state index contributed by atoms with van der Waals surface area (Å²) in [6.45, 7) is 0. The van der Waals surface area contributed by atoms with Crippen molar-refractivity contribution in [1.29, 1.82) is 0 Å². The van der Waals surface area contributed by atoms with Crippen LogP contribution in [0.25, 0.3) is 10.8 Å². The maximum absolute atomic E-state index is 11.3. The second-order valence-electron chi connectivity index (χ2n) is 4.05. The third kappa shape index (κ3) is 2.41. The van der Waals surface area contributed by atoms with Gasteiger partial charge in [0.05, 0.1) is 11.4 Å².